The fourth-order valence-electron chi connectivity index (χ4n) is 3.37. The van der Waals surface area contributed by atoms with E-state index < -0.39 is 12.1 Å². The van der Waals surface area contributed by atoms with E-state index in [1.54, 1.807) is 12.1 Å². The number of aliphatic hydroxyl groups excluding tert-OH is 1. The number of hydrogen-bond acceptors (Lipinski definition) is 3. The molecule has 1 heterocycles. The Bertz CT molecular complexity index is 661. The van der Waals surface area contributed by atoms with Gasteiger partial charge in [-0.15, -0.1) is 0 Å². The molecule has 1 saturated heterocycles. The summed E-state index contributed by atoms with van der Waals surface area (Å²) in [6.45, 7) is 0.682. The molecule has 1 aliphatic rings. The molecule has 5 nitrogen and oxygen atoms in total. The molecule has 6 heteroatoms. The molecule has 1 aromatic rings. The number of carboxylic acid groups (broad SMARTS) is 1. The number of likely N-dealkylation sites (tertiary alicyclic amines) is 1. The monoisotopic (exact) mass is 393 g/mol. The Morgan fingerprint density at radius 3 is 2.74 bits per heavy atom. The molecule has 27 heavy (non-hydrogen) atoms. The Balaban J connectivity index is 1.78. The second kappa shape index (κ2) is 11.1. The van der Waals surface area contributed by atoms with Crippen LogP contribution in [0.3, 0.4) is 0 Å². The summed E-state index contributed by atoms with van der Waals surface area (Å²) < 4.78 is 0. The minimum Gasteiger partial charge on any atom is -0.481 e. The van der Waals surface area contributed by atoms with Gasteiger partial charge in [0, 0.05) is 30.8 Å². The van der Waals surface area contributed by atoms with Gasteiger partial charge in [0.25, 0.3) is 0 Å². The third-order valence-corrected chi connectivity index (χ3v) is 5.23. The molecule has 0 radical (unpaired) electrons. The summed E-state index contributed by atoms with van der Waals surface area (Å²) in [5.41, 5.74) is 0.900. The van der Waals surface area contributed by atoms with Crippen LogP contribution in [0.2, 0.25) is 5.02 Å². The van der Waals surface area contributed by atoms with E-state index >= 15 is 0 Å². The van der Waals surface area contributed by atoms with Crippen LogP contribution in [-0.2, 0) is 16.0 Å². The van der Waals surface area contributed by atoms with E-state index in [0.29, 0.717) is 30.8 Å². The molecule has 0 saturated carbocycles. The predicted octanol–water partition coefficient (Wildman–Crippen LogP) is 3.83. The van der Waals surface area contributed by atoms with Gasteiger partial charge in [-0.3, -0.25) is 9.59 Å². The van der Waals surface area contributed by atoms with Gasteiger partial charge < -0.3 is 15.1 Å². The molecule has 1 unspecified atom stereocenters. The Morgan fingerprint density at radius 1 is 1.26 bits per heavy atom. The highest BCUT2D eigenvalue weighted by Gasteiger charge is 2.28. The molecule has 0 aromatic heterocycles. The van der Waals surface area contributed by atoms with E-state index in [0.717, 1.165) is 31.2 Å². The maximum Gasteiger partial charge on any atom is 0.303 e. The third kappa shape index (κ3) is 7.35. The molecular formula is C21H28ClNO4. The topological polar surface area (TPSA) is 77.8 Å². The van der Waals surface area contributed by atoms with Gasteiger partial charge in [0.1, 0.15) is 0 Å². The number of benzene rings is 1. The zero-order chi connectivity index (χ0) is 19.6. The van der Waals surface area contributed by atoms with Crippen molar-refractivity contribution in [2.75, 3.05) is 6.54 Å². The van der Waals surface area contributed by atoms with Crippen molar-refractivity contribution in [3.05, 3.63) is 47.0 Å². The molecular weight excluding hydrogens is 366 g/mol. The van der Waals surface area contributed by atoms with E-state index in [2.05, 4.69) is 0 Å². The lowest BCUT2D eigenvalue weighted by atomic mass is 10.1. The summed E-state index contributed by atoms with van der Waals surface area (Å²) >= 11 is 6.13. The van der Waals surface area contributed by atoms with E-state index in [4.69, 9.17) is 16.7 Å². The summed E-state index contributed by atoms with van der Waals surface area (Å²) in [6.07, 6.45) is 8.34. The van der Waals surface area contributed by atoms with E-state index in [1.165, 1.54) is 0 Å². The van der Waals surface area contributed by atoms with Gasteiger partial charge in [-0.2, -0.15) is 0 Å². The molecule has 0 aliphatic carbocycles. The zero-order valence-corrected chi connectivity index (χ0v) is 16.3. The molecule has 1 amide bonds. The smallest absolute Gasteiger partial charge is 0.303 e. The number of carbonyl (C=O) groups is 2. The molecule has 2 rings (SSSR count). The van der Waals surface area contributed by atoms with Gasteiger partial charge in [0.15, 0.2) is 0 Å². The quantitative estimate of drug-likeness (QED) is 0.442. The van der Waals surface area contributed by atoms with Gasteiger partial charge >= 0.3 is 5.97 Å². The van der Waals surface area contributed by atoms with Gasteiger partial charge in [0.05, 0.1) is 12.1 Å². The number of halogens is 1. The number of unbranched alkanes of at least 4 members (excludes halogenated alkanes) is 3. The minimum atomic E-state index is -0.759. The van der Waals surface area contributed by atoms with Gasteiger partial charge in [0.2, 0.25) is 5.91 Å². The number of amides is 1. The predicted molar refractivity (Wildman–Crippen MR) is 106 cm³/mol. The number of carboxylic acids is 1. The Labute approximate surface area is 165 Å². The summed E-state index contributed by atoms with van der Waals surface area (Å²) in [6, 6.07) is 7.48. The molecule has 1 aliphatic heterocycles. The fourth-order valence-corrected chi connectivity index (χ4v) is 3.59. The van der Waals surface area contributed by atoms with Crippen molar-refractivity contribution < 1.29 is 19.8 Å². The van der Waals surface area contributed by atoms with Crippen LogP contribution in [0.25, 0.3) is 0 Å². The van der Waals surface area contributed by atoms with Crippen LogP contribution in [0.4, 0.5) is 0 Å². The van der Waals surface area contributed by atoms with Crippen LogP contribution in [0.15, 0.2) is 36.4 Å². The first kappa shape index (κ1) is 21.5. The largest absolute Gasteiger partial charge is 0.481 e. The normalized spacial score (nSPS) is 18.4. The second-order valence-electron chi connectivity index (χ2n) is 7.00. The average molecular weight is 394 g/mol. The molecule has 0 bridgehead atoms. The first-order valence-corrected chi connectivity index (χ1v) is 9.96. The van der Waals surface area contributed by atoms with Gasteiger partial charge in [-0.25, -0.2) is 0 Å². The highest BCUT2D eigenvalue weighted by Crippen LogP contribution is 2.22. The number of aliphatic carboxylic acids is 1. The summed E-state index contributed by atoms with van der Waals surface area (Å²) in [5, 5.41) is 19.5. The van der Waals surface area contributed by atoms with Gasteiger partial charge in [-0.1, -0.05) is 54.8 Å². The van der Waals surface area contributed by atoms with E-state index in [1.807, 2.05) is 29.2 Å². The highest BCUT2D eigenvalue weighted by molar-refractivity contribution is 6.31. The first-order chi connectivity index (χ1) is 13.0. The van der Waals surface area contributed by atoms with E-state index in [9.17, 15) is 14.7 Å². The van der Waals surface area contributed by atoms with Gasteiger partial charge in [-0.05, 0) is 30.9 Å². The number of nitrogens with zero attached hydrogens (tertiary/aromatic N) is 1. The third-order valence-electron chi connectivity index (χ3n) is 4.86. The summed E-state index contributed by atoms with van der Waals surface area (Å²) in [7, 11) is 0. The van der Waals surface area contributed by atoms with Crippen LogP contribution in [-0.4, -0.2) is 45.7 Å². The Morgan fingerprint density at radius 2 is 2.00 bits per heavy atom. The minimum absolute atomic E-state index is 0.0254. The van der Waals surface area contributed by atoms with Crippen LogP contribution in [0.5, 0.6) is 0 Å². The maximum absolute atomic E-state index is 12.1. The molecule has 2 N–H and O–H groups in total. The lowest BCUT2D eigenvalue weighted by molar-refractivity contribution is -0.137. The van der Waals surface area contributed by atoms with E-state index in [-0.39, 0.29) is 18.4 Å². The average Bonchev–Trinajstić information content (AvgIpc) is 2.98. The summed E-state index contributed by atoms with van der Waals surface area (Å²) in [5.74, 6) is -0.610. The van der Waals surface area contributed by atoms with Crippen LogP contribution >= 0.6 is 11.6 Å². The Kier molecular flexibility index (Phi) is 8.82. The van der Waals surface area contributed by atoms with Crippen molar-refractivity contribution in [3.63, 3.8) is 0 Å². The van der Waals surface area contributed by atoms with Crippen LogP contribution in [0, 0.1) is 0 Å². The second-order valence-corrected chi connectivity index (χ2v) is 7.41. The SMILES string of the molecule is O=C(O)CCCCCCN1C(=O)CC[C@H]1/C=C/C(O)Cc1ccccc1Cl. The fraction of sp³-hybridized carbons (Fsp3) is 0.524. The van der Waals surface area contributed by atoms with Crippen LogP contribution in [0.1, 0.15) is 50.5 Å². The van der Waals surface area contributed by atoms with Crippen molar-refractivity contribution in [2.24, 2.45) is 0 Å². The lowest BCUT2D eigenvalue weighted by Crippen LogP contribution is -2.32. The summed E-state index contributed by atoms with van der Waals surface area (Å²) in [4.78, 5) is 24.5. The molecule has 148 valence electrons. The molecule has 0 spiro atoms. The van der Waals surface area contributed by atoms with Crippen molar-refractivity contribution in [1.29, 1.82) is 0 Å². The lowest BCUT2D eigenvalue weighted by Gasteiger charge is -2.22. The molecule has 1 aromatic carbocycles. The number of carbonyl (C=O) groups excluding carboxylic acids is 1. The first-order valence-electron chi connectivity index (χ1n) is 9.58. The van der Waals surface area contributed by atoms with Crippen molar-refractivity contribution in [1.82, 2.24) is 4.90 Å². The molecule has 2 atom stereocenters. The Hall–Kier alpha value is -1.85. The van der Waals surface area contributed by atoms with Crippen molar-refractivity contribution in [2.45, 2.75) is 63.5 Å². The standard InChI is InChI=1S/C21H28ClNO4/c22-19-8-5-4-7-16(19)15-18(24)12-10-17-11-13-20(25)23(17)14-6-2-1-3-9-21(26)27/h4-5,7-8,10,12,17-18,24H,1-3,6,9,11,13-15H2,(H,26,27)/b12-10+/t17-,18?/m1/s1. The number of hydrogen-bond donors (Lipinski definition) is 2. The number of aliphatic hydroxyl groups is 1. The van der Waals surface area contributed by atoms with Crippen molar-refractivity contribution in [3.8, 4) is 0 Å². The zero-order valence-electron chi connectivity index (χ0n) is 15.5. The number of rotatable bonds is 11. The molecule has 1 fully saturated rings. The maximum atomic E-state index is 12.1. The van der Waals surface area contributed by atoms with Crippen LogP contribution < -0.4 is 0 Å². The van der Waals surface area contributed by atoms with Crippen molar-refractivity contribution >= 4 is 23.5 Å². The highest BCUT2D eigenvalue weighted by atomic mass is 35.5.